The summed E-state index contributed by atoms with van der Waals surface area (Å²) in [5, 5.41) is 5.41. The van der Waals surface area contributed by atoms with Gasteiger partial charge in [0.25, 0.3) is 0 Å². The minimum atomic E-state index is -0.685. The van der Waals surface area contributed by atoms with Gasteiger partial charge in [0, 0.05) is 12.6 Å². The molecule has 5 heterocycles. The van der Waals surface area contributed by atoms with Crippen LogP contribution in [0.25, 0.3) is 33.6 Å². The van der Waals surface area contributed by atoms with E-state index < -0.39 is 24.3 Å². The lowest BCUT2D eigenvalue weighted by atomic mass is 10.0. The van der Waals surface area contributed by atoms with Crippen molar-refractivity contribution < 1.29 is 28.7 Å². The molecule has 0 bridgehead atoms. The number of alkyl carbamates (subject to hydrolysis) is 2. The SMILES string of the molecule is COC(=O)N[C@H](C(=O)N1CCC[C@H]1c1ncc(-c2ccc(-c3ccc(-c4cnc([C@@H]5CC[C@@H]6CCC[C@@H](NC(=O)OC)C(=O)N65)[nH]4)cc3)cc2)[nH]1)C(C)C. The Kier molecular flexibility index (Phi) is 10.7. The van der Waals surface area contributed by atoms with Gasteiger partial charge in [0.2, 0.25) is 11.8 Å². The summed E-state index contributed by atoms with van der Waals surface area (Å²) in [6, 6.07) is 15.0. The average molecular weight is 737 g/mol. The maximum Gasteiger partial charge on any atom is 0.407 e. The number of imidazole rings is 2. The van der Waals surface area contributed by atoms with Crippen molar-refractivity contribution >= 4 is 24.0 Å². The van der Waals surface area contributed by atoms with Gasteiger partial charge in [-0.2, -0.15) is 0 Å². The maximum atomic E-state index is 13.6. The van der Waals surface area contributed by atoms with Crippen molar-refractivity contribution in [2.45, 2.75) is 89.0 Å². The molecule has 284 valence electrons. The smallest absolute Gasteiger partial charge is 0.407 e. The summed E-state index contributed by atoms with van der Waals surface area (Å²) in [5.74, 6) is 1.16. The fourth-order valence-electron chi connectivity index (χ4n) is 8.15. The number of ether oxygens (including phenoxy) is 2. The van der Waals surface area contributed by atoms with Gasteiger partial charge < -0.3 is 39.9 Å². The number of nitrogens with one attached hydrogen (secondary N) is 4. The van der Waals surface area contributed by atoms with Crippen molar-refractivity contribution in [2.24, 2.45) is 5.92 Å². The molecule has 3 aliphatic heterocycles. The molecule has 5 atom stereocenters. The van der Waals surface area contributed by atoms with Crippen LogP contribution in [0.5, 0.6) is 0 Å². The molecule has 4 amide bonds. The summed E-state index contributed by atoms with van der Waals surface area (Å²) in [6.07, 6.45) is 8.12. The number of H-pyrrole nitrogens is 2. The lowest BCUT2D eigenvalue weighted by Crippen LogP contribution is -2.51. The number of nitrogens with zero attached hydrogens (tertiary/aromatic N) is 4. The fourth-order valence-corrected chi connectivity index (χ4v) is 8.15. The first kappa shape index (κ1) is 36.7. The highest BCUT2D eigenvalue weighted by molar-refractivity contribution is 5.87. The van der Waals surface area contributed by atoms with Gasteiger partial charge in [-0.15, -0.1) is 0 Å². The number of carbonyl (C=O) groups is 4. The van der Waals surface area contributed by atoms with Crippen molar-refractivity contribution in [1.82, 2.24) is 40.4 Å². The predicted molar refractivity (Wildman–Crippen MR) is 201 cm³/mol. The number of fused-ring (bicyclic) bond motifs is 1. The second-order valence-corrected chi connectivity index (χ2v) is 14.7. The van der Waals surface area contributed by atoms with Gasteiger partial charge >= 0.3 is 12.2 Å². The molecule has 0 aliphatic carbocycles. The van der Waals surface area contributed by atoms with E-state index in [9.17, 15) is 19.2 Å². The molecule has 2 aromatic carbocycles. The molecule has 0 unspecified atom stereocenters. The minimum absolute atomic E-state index is 0.0785. The number of aromatic amines is 2. The predicted octanol–water partition coefficient (Wildman–Crippen LogP) is 6.12. The Hall–Kier alpha value is -5.66. The number of carbonyl (C=O) groups excluding carboxylic acids is 4. The topological polar surface area (TPSA) is 175 Å². The lowest BCUT2D eigenvalue weighted by Gasteiger charge is -2.30. The third-order valence-electron chi connectivity index (χ3n) is 11.0. The van der Waals surface area contributed by atoms with Crippen molar-refractivity contribution in [3.63, 3.8) is 0 Å². The first-order valence-electron chi connectivity index (χ1n) is 18.8. The highest BCUT2D eigenvalue weighted by Gasteiger charge is 2.44. The second-order valence-electron chi connectivity index (χ2n) is 14.7. The quantitative estimate of drug-likeness (QED) is 0.159. The Morgan fingerprint density at radius 2 is 1.31 bits per heavy atom. The van der Waals surface area contributed by atoms with Crippen LogP contribution in [0.2, 0.25) is 0 Å². The molecule has 3 fully saturated rings. The van der Waals surface area contributed by atoms with Crippen LogP contribution >= 0.6 is 0 Å². The molecule has 7 rings (SSSR count). The van der Waals surface area contributed by atoms with Crippen LogP contribution in [0.4, 0.5) is 9.59 Å². The van der Waals surface area contributed by atoms with Crippen LogP contribution in [0.3, 0.4) is 0 Å². The van der Waals surface area contributed by atoms with E-state index in [4.69, 9.17) is 14.5 Å². The number of likely N-dealkylation sites (tertiary alicyclic amines) is 1. The molecule has 3 saturated heterocycles. The molecule has 0 saturated carbocycles. The van der Waals surface area contributed by atoms with E-state index in [1.165, 1.54) is 14.2 Å². The van der Waals surface area contributed by atoms with Gasteiger partial charge in [0.05, 0.1) is 50.1 Å². The standard InChI is InChI=1S/C40H48N8O6/c1-23(2)34(46-40(52)54-4)38(50)47-20-6-9-32(47)35-41-21-30(43-35)26-14-10-24(11-15-26)25-12-16-27(17-13-25)31-22-42-36(44-31)33-19-18-28-7-5-8-29(37(49)48(28)33)45-39(51)53-3/h10-17,21-23,28-29,32-34H,5-9,18-20H2,1-4H3,(H,41,43)(H,42,44)(H,45,51)(H,46,52)/t28-,29+,32-,33-,34-/m0/s1. The zero-order valence-corrected chi connectivity index (χ0v) is 31.1. The van der Waals surface area contributed by atoms with Gasteiger partial charge in [0.15, 0.2) is 0 Å². The largest absolute Gasteiger partial charge is 0.453 e. The van der Waals surface area contributed by atoms with Crippen molar-refractivity contribution in [3.05, 3.63) is 72.6 Å². The summed E-state index contributed by atoms with van der Waals surface area (Å²) < 4.78 is 9.51. The number of benzene rings is 2. The highest BCUT2D eigenvalue weighted by Crippen LogP contribution is 2.40. The molecule has 4 aromatic rings. The highest BCUT2D eigenvalue weighted by atomic mass is 16.5. The molecular formula is C40H48N8O6. The molecule has 4 N–H and O–H groups in total. The molecular weight excluding hydrogens is 688 g/mol. The van der Waals surface area contributed by atoms with Gasteiger partial charge in [-0.25, -0.2) is 19.6 Å². The first-order chi connectivity index (χ1) is 26.1. The van der Waals surface area contributed by atoms with Crippen LogP contribution in [-0.2, 0) is 19.1 Å². The van der Waals surface area contributed by atoms with Crippen molar-refractivity contribution in [1.29, 1.82) is 0 Å². The Labute approximate surface area is 314 Å². The van der Waals surface area contributed by atoms with E-state index in [1.807, 2.05) is 29.8 Å². The second kappa shape index (κ2) is 15.7. The van der Waals surface area contributed by atoms with E-state index in [2.05, 4.69) is 74.1 Å². The van der Waals surface area contributed by atoms with Gasteiger partial charge in [0.1, 0.15) is 23.7 Å². The summed E-state index contributed by atoms with van der Waals surface area (Å²) in [5.41, 5.74) is 5.83. The van der Waals surface area contributed by atoms with E-state index >= 15 is 0 Å². The molecule has 14 heteroatoms. The normalized spacial score (nSPS) is 21.8. The zero-order valence-electron chi connectivity index (χ0n) is 31.1. The van der Waals surface area contributed by atoms with Gasteiger partial charge in [-0.1, -0.05) is 62.4 Å². The summed E-state index contributed by atoms with van der Waals surface area (Å²) in [7, 11) is 2.59. The number of amides is 4. The first-order valence-corrected chi connectivity index (χ1v) is 18.8. The summed E-state index contributed by atoms with van der Waals surface area (Å²) in [6.45, 7) is 4.40. The van der Waals surface area contributed by atoms with Crippen LogP contribution in [0.1, 0.15) is 82.5 Å². The molecule has 3 aliphatic rings. The monoisotopic (exact) mass is 736 g/mol. The van der Waals surface area contributed by atoms with Gasteiger partial charge in [-0.3, -0.25) is 9.59 Å². The molecule has 54 heavy (non-hydrogen) atoms. The van der Waals surface area contributed by atoms with Crippen LogP contribution in [-0.4, -0.2) is 92.6 Å². The number of methoxy groups -OCH3 is 2. The Balaban J connectivity index is 1.01. The average Bonchev–Trinajstić information content (AvgIpc) is 4.02. The molecule has 2 aromatic heterocycles. The number of hydrogen-bond donors (Lipinski definition) is 4. The van der Waals surface area contributed by atoms with E-state index in [0.29, 0.717) is 13.0 Å². The summed E-state index contributed by atoms with van der Waals surface area (Å²) >= 11 is 0. The lowest BCUT2D eigenvalue weighted by molar-refractivity contribution is -0.136. The number of rotatable bonds is 9. The third-order valence-corrected chi connectivity index (χ3v) is 11.0. The number of hydrogen-bond acceptors (Lipinski definition) is 8. The van der Waals surface area contributed by atoms with E-state index in [0.717, 1.165) is 83.8 Å². The van der Waals surface area contributed by atoms with Crippen LogP contribution in [0.15, 0.2) is 60.9 Å². The van der Waals surface area contributed by atoms with Crippen LogP contribution in [0, 0.1) is 5.92 Å². The third kappa shape index (κ3) is 7.42. The van der Waals surface area contributed by atoms with E-state index in [-0.39, 0.29) is 35.9 Å². The van der Waals surface area contributed by atoms with E-state index in [1.54, 1.807) is 6.20 Å². The minimum Gasteiger partial charge on any atom is -0.453 e. The fraction of sp³-hybridized carbons (Fsp3) is 0.450. The Morgan fingerprint density at radius 1 is 0.741 bits per heavy atom. The Bertz CT molecular complexity index is 1970. The molecule has 0 radical (unpaired) electrons. The van der Waals surface area contributed by atoms with Crippen molar-refractivity contribution in [2.75, 3.05) is 20.8 Å². The Morgan fingerprint density at radius 3 is 1.89 bits per heavy atom. The van der Waals surface area contributed by atoms with Gasteiger partial charge in [-0.05, 0) is 73.1 Å². The molecule has 14 nitrogen and oxygen atoms in total. The van der Waals surface area contributed by atoms with Crippen LogP contribution < -0.4 is 10.6 Å². The zero-order chi connectivity index (χ0) is 37.9. The molecule has 0 spiro atoms. The number of aromatic nitrogens is 4. The maximum absolute atomic E-state index is 13.6. The van der Waals surface area contributed by atoms with Crippen molar-refractivity contribution in [3.8, 4) is 33.6 Å². The summed E-state index contributed by atoms with van der Waals surface area (Å²) in [4.78, 5) is 71.0.